The Morgan fingerprint density at radius 2 is 1.57 bits per heavy atom. The normalized spacial score (nSPS) is 14.0. The van der Waals surface area contributed by atoms with Gasteiger partial charge in [0.1, 0.15) is 5.75 Å². The van der Waals surface area contributed by atoms with Crippen molar-refractivity contribution >= 4 is 23.5 Å². The molecule has 0 saturated carbocycles. The monoisotopic (exact) mass is 381 g/mol. The Labute approximate surface area is 164 Å². The summed E-state index contributed by atoms with van der Waals surface area (Å²) in [7, 11) is 0. The van der Waals surface area contributed by atoms with Gasteiger partial charge in [-0.3, -0.25) is 9.59 Å². The van der Waals surface area contributed by atoms with Gasteiger partial charge in [-0.1, -0.05) is 31.9 Å². The molecule has 0 fully saturated rings. The molecule has 2 amide bonds. The molecule has 2 aromatic carbocycles. The first-order valence-electron chi connectivity index (χ1n) is 9.44. The lowest BCUT2D eigenvalue weighted by Gasteiger charge is -2.16. The number of hydrogen-bond donors (Lipinski definition) is 0. The minimum atomic E-state index is -0.744. The molecule has 0 aromatic heterocycles. The predicted molar refractivity (Wildman–Crippen MR) is 105 cm³/mol. The highest BCUT2D eigenvalue weighted by Crippen LogP contribution is 2.29. The molecule has 0 N–H and O–H groups in total. The Kier molecular flexibility index (Phi) is 6.09. The number of nitrogens with zero attached hydrogens (tertiary/aromatic N) is 1. The van der Waals surface area contributed by atoms with Gasteiger partial charge in [0.05, 0.1) is 23.4 Å². The number of anilines is 1. The first-order chi connectivity index (χ1) is 13.5. The van der Waals surface area contributed by atoms with Crippen molar-refractivity contribution in [2.75, 3.05) is 11.5 Å². The Balaban J connectivity index is 1.62. The van der Waals surface area contributed by atoms with Crippen LogP contribution in [0.25, 0.3) is 0 Å². The van der Waals surface area contributed by atoms with Crippen molar-refractivity contribution in [2.45, 2.75) is 39.2 Å². The zero-order chi connectivity index (χ0) is 20.1. The summed E-state index contributed by atoms with van der Waals surface area (Å²) in [6.45, 7) is 4.10. The summed E-state index contributed by atoms with van der Waals surface area (Å²) in [5, 5.41) is 0. The average molecular weight is 381 g/mol. The molecule has 1 aliphatic heterocycles. The number of ether oxygens (including phenoxy) is 2. The Hall–Kier alpha value is -3.15. The van der Waals surface area contributed by atoms with Crippen molar-refractivity contribution in [1.29, 1.82) is 0 Å². The average Bonchev–Trinajstić information content (AvgIpc) is 2.96. The van der Waals surface area contributed by atoms with Gasteiger partial charge >= 0.3 is 5.97 Å². The summed E-state index contributed by atoms with van der Waals surface area (Å²) >= 11 is 0. The molecule has 2 aromatic rings. The molecule has 6 heteroatoms. The van der Waals surface area contributed by atoms with Crippen molar-refractivity contribution in [1.82, 2.24) is 0 Å². The fraction of sp³-hybridized carbons (Fsp3) is 0.318. The van der Waals surface area contributed by atoms with Crippen LogP contribution in [0.4, 0.5) is 5.69 Å². The van der Waals surface area contributed by atoms with Gasteiger partial charge < -0.3 is 9.47 Å². The van der Waals surface area contributed by atoms with Gasteiger partial charge in [0.2, 0.25) is 0 Å². The van der Waals surface area contributed by atoms with Crippen LogP contribution in [0.2, 0.25) is 0 Å². The second-order valence-electron chi connectivity index (χ2n) is 6.62. The van der Waals surface area contributed by atoms with Crippen molar-refractivity contribution in [3.63, 3.8) is 0 Å². The third kappa shape index (κ3) is 4.06. The molecule has 0 bridgehead atoms. The van der Waals surface area contributed by atoms with E-state index in [1.165, 1.54) is 0 Å². The standard InChI is InChI=1S/C22H23NO5/c1-3-4-7-14-27-22(26)15(2)28-17-12-10-16(11-13-17)23-20(24)18-8-5-6-9-19(18)21(23)25/h5-6,8-13,15H,3-4,7,14H2,1-2H3/t15-/m0/s1. The molecule has 1 heterocycles. The van der Waals surface area contributed by atoms with Gasteiger partial charge in [-0.25, -0.2) is 9.69 Å². The van der Waals surface area contributed by atoms with Crippen molar-refractivity contribution in [3.05, 3.63) is 59.7 Å². The fourth-order valence-electron chi connectivity index (χ4n) is 2.99. The number of imide groups is 1. The number of rotatable bonds is 8. The molecule has 0 unspecified atom stereocenters. The van der Waals surface area contributed by atoms with E-state index in [2.05, 4.69) is 6.92 Å². The van der Waals surface area contributed by atoms with Crippen LogP contribution in [0.3, 0.4) is 0 Å². The van der Waals surface area contributed by atoms with E-state index < -0.39 is 12.1 Å². The number of fused-ring (bicyclic) bond motifs is 1. The van der Waals surface area contributed by atoms with Gasteiger partial charge in [0, 0.05) is 0 Å². The predicted octanol–water partition coefficient (Wildman–Crippen LogP) is 3.99. The molecule has 3 rings (SSSR count). The quantitative estimate of drug-likeness (QED) is 0.393. The van der Waals surface area contributed by atoms with Crippen LogP contribution < -0.4 is 9.64 Å². The summed E-state index contributed by atoms with van der Waals surface area (Å²) in [6, 6.07) is 13.2. The van der Waals surface area contributed by atoms with E-state index in [1.54, 1.807) is 55.5 Å². The molecule has 0 spiro atoms. The third-order valence-electron chi connectivity index (χ3n) is 4.53. The molecule has 0 radical (unpaired) electrons. The highest BCUT2D eigenvalue weighted by atomic mass is 16.6. The summed E-state index contributed by atoms with van der Waals surface area (Å²) in [4.78, 5) is 38.1. The molecule has 0 aliphatic carbocycles. The van der Waals surface area contributed by atoms with Crippen LogP contribution in [-0.4, -0.2) is 30.5 Å². The van der Waals surface area contributed by atoms with Crippen LogP contribution in [0.15, 0.2) is 48.5 Å². The molecule has 28 heavy (non-hydrogen) atoms. The Morgan fingerprint density at radius 1 is 0.964 bits per heavy atom. The smallest absolute Gasteiger partial charge is 0.347 e. The lowest BCUT2D eigenvalue weighted by atomic mass is 10.1. The van der Waals surface area contributed by atoms with Gasteiger partial charge in [0.25, 0.3) is 11.8 Å². The molecular weight excluding hydrogens is 358 g/mol. The number of unbranched alkanes of at least 4 members (excludes halogenated alkanes) is 2. The summed E-state index contributed by atoms with van der Waals surface area (Å²) in [5.74, 6) is -0.657. The van der Waals surface area contributed by atoms with E-state index in [0.29, 0.717) is 29.2 Å². The number of benzene rings is 2. The number of esters is 1. The molecule has 1 atom stereocenters. The van der Waals surface area contributed by atoms with Gasteiger partial charge in [-0.15, -0.1) is 0 Å². The zero-order valence-corrected chi connectivity index (χ0v) is 16.0. The van der Waals surface area contributed by atoms with E-state index in [0.717, 1.165) is 24.2 Å². The van der Waals surface area contributed by atoms with E-state index >= 15 is 0 Å². The van der Waals surface area contributed by atoms with E-state index in [1.807, 2.05) is 0 Å². The zero-order valence-electron chi connectivity index (χ0n) is 16.0. The minimum Gasteiger partial charge on any atom is -0.479 e. The first kappa shape index (κ1) is 19.6. The first-order valence-corrected chi connectivity index (χ1v) is 9.44. The topological polar surface area (TPSA) is 72.9 Å². The van der Waals surface area contributed by atoms with Gasteiger partial charge in [0.15, 0.2) is 6.10 Å². The van der Waals surface area contributed by atoms with Crippen LogP contribution >= 0.6 is 0 Å². The fourth-order valence-corrected chi connectivity index (χ4v) is 2.99. The largest absolute Gasteiger partial charge is 0.479 e. The highest BCUT2D eigenvalue weighted by Gasteiger charge is 2.36. The van der Waals surface area contributed by atoms with E-state index in [4.69, 9.17) is 9.47 Å². The van der Waals surface area contributed by atoms with Crippen LogP contribution in [-0.2, 0) is 9.53 Å². The maximum atomic E-state index is 12.5. The minimum absolute atomic E-state index is 0.349. The van der Waals surface area contributed by atoms with Crippen LogP contribution in [0.5, 0.6) is 5.75 Å². The maximum absolute atomic E-state index is 12.5. The Morgan fingerprint density at radius 3 is 2.14 bits per heavy atom. The second-order valence-corrected chi connectivity index (χ2v) is 6.62. The Bertz CT molecular complexity index is 840. The summed E-state index contributed by atoms with van der Waals surface area (Å²) in [6.07, 6.45) is 2.17. The molecular formula is C22H23NO5. The maximum Gasteiger partial charge on any atom is 0.347 e. The molecule has 0 saturated heterocycles. The van der Waals surface area contributed by atoms with Gasteiger partial charge in [-0.05, 0) is 49.7 Å². The third-order valence-corrected chi connectivity index (χ3v) is 4.53. The number of hydrogen-bond acceptors (Lipinski definition) is 5. The van der Waals surface area contributed by atoms with Crippen molar-refractivity contribution in [2.24, 2.45) is 0 Å². The van der Waals surface area contributed by atoms with E-state index in [-0.39, 0.29) is 11.8 Å². The summed E-state index contributed by atoms with van der Waals surface area (Å²) in [5.41, 5.74) is 1.24. The molecule has 6 nitrogen and oxygen atoms in total. The molecule has 1 aliphatic rings. The van der Waals surface area contributed by atoms with Crippen LogP contribution in [0, 0.1) is 0 Å². The van der Waals surface area contributed by atoms with Crippen molar-refractivity contribution < 1.29 is 23.9 Å². The molecule has 146 valence electrons. The highest BCUT2D eigenvalue weighted by molar-refractivity contribution is 6.34. The lowest BCUT2D eigenvalue weighted by molar-refractivity contribution is -0.151. The second kappa shape index (κ2) is 8.69. The van der Waals surface area contributed by atoms with Gasteiger partial charge in [-0.2, -0.15) is 0 Å². The number of carbonyl (C=O) groups is 3. The van der Waals surface area contributed by atoms with Crippen LogP contribution in [0.1, 0.15) is 53.8 Å². The lowest BCUT2D eigenvalue weighted by Crippen LogP contribution is -2.29. The number of amides is 2. The number of carbonyl (C=O) groups excluding carboxylic acids is 3. The summed E-state index contributed by atoms with van der Waals surface area (Å²) < 4.78 is 10.8. The SMILES string of the molecule is CCCCCOC(=O)[C@H](C)Oc1ccc(N2C(=O)c3ccccc3C2=O)cc1. The van der Waals surface area contributed by atoms with E-state index in [9.17, 15) is 14.4 Å². The van der Waals surface area contributed by atoms with Crippen molar-refractivity contribution in [3.8, 4) is 5.75 Å².